The van der Waals surface area contributed by atoms with Crippen LogP contribution in [-0.2, 0) is 17.6 Å². The number of anilines is 2. The summed E-state index contributed by atoms with van der Waals surface area (Å²) in [5.74, 6) is 0.315. The van der Waals surface area contributed by atoms with Gasteiger partial charge in [-0.1, -0.05) is 6.92 Å². The molecule has 0 saturated heterocycles. The van der Waals surface area contributed by atoms with E-state index < -0.39 is 5.79 Å². The van der Waals surface area contributed by atoms with Crippen LogP contribution in [-0.4, -0.2) is 44.8 Å². The predicted molar refractivity (Wildman–Crippen MR) is 121 cm³/mol. The number of aromatic nitrogens is 4. The Kier molecular flexibility index (Phi) is 5.04. The van der Waals surface area contributed by atoms with E-state index >= 15 is 0 Å². The van der Waals surface area contributed by atoms with E-state index in [4.69, 9.17) is 9.47 Å². The van der Waals surface area contributed by atoms with Gasteiger partial charge in [-0.2, -0.15) is 5.10 Å². The number of thiophene rings is 1. The highest BCUT2D eigenvalue weighted by atomic mass is 32.1. The highest BCUT2D eigenvalue weighted by Crippen LogP contribution is 2.43. The first-order valence-electron chi connectivity index (χ1n) is 10.4. The van der Waals surface area contributed by atoms with Crippen molar-refractivity contribution in [2.24, 2.45) is 5.92 Å². The van der Waals surface area contributed by atoms with Gasteiger partial charge in [-0.05, 0) is 31.4 Å². The summed E-state index contributed by atoms with van der Waals surface area (Å²) in [5, 5.41) is 23.6. The van der Waals surface area contributed by atoms with Gasteiger partial charge in [-0.15, -0.1) is 11.3 Å². The second-order valence-electron chi connectivity index (χ2n) is 7.92. The van der Waals surface area contributed by atoms with Crippen molar-refractivity contribution in [2.75, 3.05) is 19.0 Å². The minimum Gasteiger partial charge on any atom is -0.494 e. The fourth-order valence-corrected chi connectivity index (χ4v) is 5.69. The molecule has 3 N–H and O–H groups in total. The Morgan fingerprint density at radius 3 is 3.03 bits per heavy atom. The molecule has 2 atom stereocenters. The zero-order valence-electron chi connectivity index (χ0n) is 17.7. The molecule has 5 rings (SSSR count). The number of methoxy groups -OCH3 is 1. The van der Waals surface area contributed by atoms with Crippen molar-refractivity contribution in [3.05, 3.63) is 35.1 Å². The quantitative estimate of drug-likeness (QED) is 0.317. The summed E-state index contributed by atoms with van der Waals surface area (Å²) in [7, 11) is 1.64. The van der Waals surface area contributed by atoms with E-state index in [1.54, 1.807) is 31.0 Å². The number of hydrogen-bond acceptors (Lipinski definition) is 8. The highest BCUT2D eigenvalue weighted by Gasteiger charge is 2.38. The molecule has 0 fully saturated rings. The maximum Gasteiger partial charge on any atom is 0.168 e. The van der Waals surface area contributed by atoms with Crippen LogP contribution in [0.3, 0.4) is 0 Å². The van der Waals surface area contributed by atoms with Gasteiger partial charge in [0, 0.05) is 35.3 Å². The molecule has 0 amide bonds. The van der Waals surface area contributed by atoms with Gasteiger partial charge in [0.15, 0.2) is 5.79 Å². The molecule has 9 heteroatoms. The van der Waals surface area contributed by atoms with Crippen molar-refractivity contribution in [3.63, 3.8) is 0 Å². The third kappa shape index (κ3) is 3.42. The normalized spacial score (nSPS) is 21.2. The van der Waals surface area contributed by atoms with Crippen LogP contribution in [0.25, 0.3) is 21.1 Å². The maximum atomic E-state index is 11.0. The first kappa shape index (κ1) is 20.2. The van der Waals surface area contributed by atoms with Gasteiger partial charge in [0.1, 0.15) is 22.7 Å². The summed E-state index contributed by atoms with van der Waals surface area (Å²) in [6.07, 6.45) is 5.36. The van der Waals surface area contributed by atoms with E-state index in [-0.39, 0.29) is 5.92 Å². The van der Waals surface area contributed by atoms with Gasteiger partial charge in [-0.25, -0.2) is 9.97 Å². The van der Waals surface area contributed by atoms with Gasteiger partial charge in [0.25, 0.3) is 0 Å². The Morgan fingerprint density at radius 2 is 2.23 bits per heavy atom. The molecular formula is C22H25N5O3S. The molecule has 8 nitrogen and oxygen atoms in total. The van der Waals surface area contributed by atoms with E-state index in [1.165, 1.54) is 10.4 Å². The number of benzene rings is 1. The minimum absolute atomic E-state index is 0.00489. The third-order valence-electron chi connectivity index (χ3n) is 6.07. The molecule has 3 heterocycles. The van der Waals surface area contributed by atoms with Crippen LogP contribution in [0.1, 0.15) is 30.7 Å². The average Bonchev–Trinajstić information content (AvgIpc) is 3.33. The number of fused-ring (bicyclic) bond motifs is 4. The van der Waals surface area contributed by atoms with E-state index in [1.807, 2.05) is 26.0 Å². The Morgan fingerprint density at radius 1 is 1.35 bits per heavy atom. The Bertz CT molecular complexity index is 1250. The number of rotatable bonds is 5. The first-order valence-corrected chi connectivity index (χ1v) is 11.2. The molecule has 1 aliphatic rings. The first-order chi connectivity index (χ1) is 15.0. The molecule has 0 saturated carbocycles. The summed E-state index contributed by atoms with van der Waals surface area (Å²) in [5.41, 5.74) is 2.90. The summed E-state index contributed by atoms with van der Waals surface area (Å²) >= 11 is 1.67. The molecule has 2 unspecified atom stereocenters. The number of nitrogens with zero attached hydrogens (tertiary/aromatic N) is 3. The SMILES string of the molecule is CCOC1(O)CCc2c(sc3ncnc(Nc4cc5cn[nH]c5cc4OC)c23)CC1C. The van der Waals surface area contributed by atoms with Crippen LogP contribution in [0.4, 0.5) is 11.5 Å². The van der Waals surface area contributed by atoms with Crippen molar-refractivity contribution >= 4 is 44.0 Å². The third-order valence-corrected chi connectivity index (χ3v) is 7.24. The van der Waals surface area contributed by atoms with Crippen molar-refractivity contribution < 1.29 is 14.6 Å². The molecule has 1 aliphatic carbocycles. The van der Waals surface area contributed by atoms with Crippen molar-refractivity contribution in [1.29, 1.82) is 0 Å². The molecule has 4 aromatic rings. The largest absolute Gasteiger partial charge is 0.494 e. The van der Waals surface area contributed by atoms with Crippen molar-refractivity contribution in [1.82, 2.24) is 20.2 Å². The van der Waals surface area contributed by atoms with Gasteiger partial charge in [0.2, 0.25) is 0 Å². The Hall–Kier alpha value is -2.75. The lowest BCUT2D eigenvalue weighted by Crippen LogP contribution is -2.40. The van der Waals surface area contributed by atoms with Crippen LogP contribution in [0.5, 0.6) is 5.75 Å². The number of hydrogen-bond donors (Lipinski definition) is 3. The topological polar surface area (TPSA) is 105 Å². The summed E-state index contributed by atoms with van der Waals surface area (Å²) in [6, 6.07) is 3.91. The Balaban J connectivity index is 1.58. The second kappa shape index (κ2) is 7.74. The molecule has 0 aliphatic heterocycles. The van der Waals surface area contributed by atoms with E-state index in [0.717, 1.165) is 39.0 Å². The lowest BCUT2D eigenvalue weighted by molar-refractivity contribution is -0.233. The van der Waals surface area contributed by atoms with Crippen LogP contribution in [0, 0.1) is 5.92 Å². The summed E-state index contributed by atoms with van der Waals surface area (Å²) in [6.45, 7) is 4.45. The standard InChI is InChI=1S/C22H25N5O3S/c1-4-30-22(28)6-5-14-18(7-12(22)2)31-21-19(14)20(23-11-24-21)26-16-8-13-10-25-27-15(13)9-17(16)29-3/h8-12,28H,4-7H2,1-3H3,(H,25,27)(H,23,24,26). The van der Waals surface area contributed by atoms with E-state index in [0.29, 0.717) is 25.2 Å². The van der Waals surface area contributed by atoms with Gasteiger partial charge in [-0.3, -0.25) is 5.10 Å². The number of aliphatic hydroxyl groups is 1. The number of aromatic amines is 1. The van der Waals surface area contributed by atoms with E-state index in [2.05, 4.69) is 25.5 Å². The second-order valence-corrected chi connectivity index (χ2v) is 9.01. The zero-order chi connectivity index (χ0) is 21.6. The van der Waals surface area contributed by atoms with Gasteiger partial charge < -0.3 is 19.9 Å². The number of H-pyrrole nitrogens is 1. The monoisotopic (exact) mass is 439 g/mol. The molecule has 31 heavy (non-hydrogen) atoms. The minimum atomic E-state index is -1.11. The molecule has 3 aromatic heterocycles. The molecule has 0 bridgehead atoms. The number of ether oxygens (including phenoxy) is 2. The number of nitrogens with one attached hydrogen (secondary N) is 2. The number of aryl methyl sites for hydroxylation is 1. The van der Waals surface area contributed by atoms with Gasteiger partial charge >= 0.3 is 0 Å². The summed E-state index contributed by atoms with van der Waals surface area (Å²) < 4.78 is 11.3. The van der Waals surface area contributed by atoms with Crippen LogP contribution in [0.2, 0.25) is 0 Å². The zero-order valence-corrected chi connectivity index (χ0v) is 18.5. The maximum absolute atomic E-state index is 11.0. The molecule has 0 radical (unpaired) electrons. The van der Waals surface area contributed by atoms with Crippen LogP contribution >= 0.6 is 11.3 Å². The highest BCUT2D eigenvalue weighted by molar-refractivity contribution is 7.19. The molecule has 162 valence electrons. The Labute approximate surface area is 183 Å². The lowest BCUT2D eigenvalue weighted by atomic mass is 9.95. The lowest BCUT2D eigenvalue weighted by Gasteiger charge is -2.32. The fraction of sp³-hybridized carbons (Fsp3) is 0.409. The molecule has 1 aromatic carbocycles. The van der Waals surface area contributed by atoms with Crippen LogP contribution in [0.15, 0.2) is 24.7 Å². The van der Waals surface area contributed by atoms with Gasteiger partial charge in [0.05, 0.1) is 29.9 Å². The fourth-order valence-electron chi connectivity index (χ4n) is 4.38. The smallest absolute Gasteiger partial charge is 0.168 e. The summed E-state index contributed by atoms with van der Waals surface area (Å²) in [4.78, 5) is 11.3. The molecular weight excluding hydrogens is 414 g/mol. The van der Waals surface area contributed by atoms with E-state index in [9.17, 15) is 5.11 Å². The van der Waals surface area contributed by atoms with Crippen molar-refractivity contribution in [2.45, 2.75) is 38.9 Å². The average molecular weight is 440 g/mol. The predicted octanol–water partition coefficient (Wildman–Crippen LogP) is 4.17. The van der Waals surface area contributed by atoms with Crippen LogP contribution < -0.4 is 10.1 Å². The van der Waals surface area contributed by atoms with Crippen molar-refractivity contribution in [3.8, 4) is 5.75 Å². The molecule has 0 spiro atoms.